The van der Waals surface area contributed by atoms with Gasteiger partial charge in [-0.1, -0.05) is 6.08 Å². The first-order chi connectivity index (χ1) is 5.88. The van der Waals surface area contributed by atoms with Crippen molar-refractivity contribution in [3.8, 4) is 0 Å². The van der Waals surface area contributed by atoms with Crippen molar-refractivity contribution in [3.63, 3.8) is 0 Å². The molecule has 1 aliphatic carbocycles. The van der Waals surface area contributed by atoms with Crippen molar-refractivity contribution < 1.29 is 4.79 Å². The molecular formula is C10H15NO. The quantitative estimate of drug-likeness (QED) is 0.591. The fourth-order valence-electron chi connectivity index (χ4n) is 2.08. The Labute approximate surface area is 73.0 Å². The normalized spacial score (nSPS) is 29.8. The third-order valence-electron chi connectivity index (χ3n) is 2.75. The lowest BCUT2D eigenvalue weighted by atomic mass is 9.88. The van der Waals surface area contributed by atoms with E-state index < -0.39 is 0 Å². The topological polar surface area (TPSA) is 29.1 Å². The van der Waals surface area contributed by atoms with Gasteiger partial charge in [0.1, 0.15) is 5.78 Å². The standard InChI is InChI=1S/C10H15NO/c12-10-6-3-7-11-9-5-2-1-4-8(9)10/h5,8,11H,1-4,6-7H2. The summed E-state index contributed by atoms with van der Waals surface area (Å²) >= 11 is 0. The highest BCUT2D eigenvalue weighted by Gasteiger charge is 2.26. The van der Waals surface area contributed by atoms with E-state index in [1.54, 1.807) is 0 Å². The summed E-state index contributed by atoms with van der Waals surface area (Å²) in [5.41, 5.74) is 1.21. The summed E-state index contributed by atoms with van der Waals surface area (Å²) in [7, 11) is 0. The van der Waals surface area contributed by atoms with E-state index in [1.807, 2.05) is 0 Å². The molecule has 1 heterocycles. The molecule has 0 bridgehead atoms. The zero-order valence-corrected chi connectivity index (χ0v) is 7.31. The molecule has 1 fully saturated rings. The molecule has 2 aliphatic rings. The molecule has 1 saturated heterocycles. The van der Waals surface area contributed by atoms with Crippen LogP contribution in [0.25, 0.3) is 0 Å². The van der Waals surface area contributed by atoms with E-state index >= 15 is 0 Å². The van der Waals surface area contributed by atoms with Gasteiger partial charge >= 0.3 is 0 Å². The van der Waals surface area contributed by atoms with Crippen LogP contribution in [-0.4, -0.2) is 12.3 Å². The van der Waals surface area contributed by atoms with Gasteiger partial charge in [-0.15, -0.1) is 0 Å². The number of carbonyl (C=O) groups excluding carboxylic acids is 1. The molecule has 0 aromatic carbocycles. The third-order valence-corrected chi connectivity index (χ3v) is 2.75. The second-order valence-electron chi connectivity index (χ2n) is 3.64. The van der Waals surface area contributed by atoms with Crippen LogP contribution in [0.1, 0.15) is 32.1 Å². The number of ketones is 1. The maximum Gasteiger partial charge on any atom is 0.141 e. The fourth-order valence-corrected chi connectivity index (χ4v) is 2.08. The predicted molar refractivity (Wildman–Crippen MR) is 47.7 cm³/mol. The molecule has 66 valence electrons. The minimum Gasteiger partial charge on any atom is -0.388 e. The highest BCUT2D eigenvalue weighted by molar-refractivity contribution is 5.84. The Morgan fingerprint density at radius 1 is 1.42 bits per heavy atom. The third kappa shape index (κ3) is 1.38. The van der Waals surface area contributed by atoms with E-state index in [2.05, 4.69) is 11.4 Å². The second kappa shape index (κ2) is 3.30. The average molecular weight is 165 g/mol. The molecule has 1 unspecified atom stereocenters. The lowest BCUT2D eigenvalue weighted by Gasteiger charge is -2.21. The molecule has 1 aliphatic heterocycles. The minimum atomic E-state index is 0.223. The summed E-state index contributed by atoms with van der Waals surface area (Å²) < 4.78 is 0. The highest BCUT2D eigenvalue weighted by atomic mass is 16.1. The fraction of sp³-hybridized carbons (Fsp3) is 0.700. The molecule has 0 aromatic heterocycles. The summed E-state index contributed by atoms with van der Waals surface area (Å²) in [6, 6.07) is 0. The van der Waals surface area contributed by atoms with Gasteiger partial charge < -0.3 is 5.32 Å². The van der Waals surface area contributed by atoms with Gasteiger partial charge in [0.2, 0.25) is 0 Å². The molecule has 0 saturated carbocycles. The maximum absolute atomic E-state index is 11.6. The van der Waals surface area contributed by atoms with Gasteiger partial charge in [0.05, 0.1) is 5.92 Å². The van der Waals surface area contributed by atoms with Crippen LogP contribution in [0.5, 0.6) is 0 Å². The number of hydrogen-bond donors (Lipinski definition) is 1. The first kappa shape index (κ1) is 7.84. The Morgan fingerprint density at radius 2 is 2.33 bits per heavy atom. The van der Waals surface area contributed by atoms with E-state index in [4.69, 9.17) is 0 Å². The molecule has 0 amide bonds. The van der Waals surface area contributed by atoms with Gasteiger partial charge in [0.25, 0.3) is 0 Å². The Balaban J connectivity index is 2.19. The molecular weight excluding hydrogens is 150 g/mol. The molecule has 1 atom stereocenters. The van der Waals surface area contributed by atoms with Crippen LogP contribution in [0.2, 0.25) is 0 Å². The second-order valence-corrected chi connectivity index (χ2v) is 3.64. The monoisotopic (exact) mass is 165 g/mol. The van der Waals surface area contributed by atoms with Gasteiger partial charge in [-0.05, 0) is 25.7 Å². The molecule has 2 heteroatoms. The van der Waals surface area contributed by atoms with Gasteiger partial charge in [0, 0.05) is 18.7 Å². The minimum absolute atomic E-state index is 0.223. The Kier molecular flexibility index (Phi) is 2.15. The molecule has 0 spiro atoms. The van der Waals surface area contributed by atoms with Crippen LogP contribution in [-0.2, 0) is 4.79 Å². The number of nitrogens with one attached hydrogen (secondary N) is 1. The van der Waals surface area contributed by atoms with Crippen LogP contribution in [0.4, 0.5) is 0 Å². The molecule has 1 N–H and O–H groups in total. The van der Waals surface area contributed by atoms with E-state index in [1.165, 1.54) is 12.1 Å². The van der Waals surface area contributed by atoms with Crippen LogP contribution < -0.4 is 5.32 Å². The van der Waals surface area contributed by atoms with Gasteiger partial charge in [0.15, 0.2) is 0 Å². The number of carbonyl (C=O) groups is 1. The Bertz CT molecular complexity index is 220. The maximum atomic E-state index is 11.6. The van der Waals surface area contributed by atoms with Crippen LogP contribution in [0.3, 0.4) is 0 Å². The molecule has 0 aromatic rings. The van der Waals surface area contributed by atoms with Crippen LogP contribution >= 0.6 is 0 Å². The van der Waals surface area contributed by atoms with E-state index in [0.29, 0.717) is 5.78 Å². The average Bonchev–Trinajstić information content (AvgIpc) is 2.29. The van der Waals surface area contributed by atoms with Gasteiger partial charge in [-0.25, -0.2) is 0 Å². The van der Waals surface area contributed by atoms with Crippen molar-refractivity contribution in [2.45, 2.75) is 32.1 Å². The Morgan fingerprint density at radius 3 is 3.25 bits per heavy atom. The highest BCUT2D eigenvalue weighted by Crippen LogP contribution is 2.26. The summed E-state index contributed by atoms with van der Waals surface area (Å²) in [5, 5.41) is 3.35. The molecule has 12 heavy (non-hydrogen) atoms. The van der Waals surface area contributed by atoms with Crippen molar-refractivity contribution in [1.82, 2.24) is 5.32 Å². The Hall–Kier alpha value is -0.790. The van der Waals surface area contributed by atoms with E-state index in [-0.39, 0.29) is 5.92 Å². The molecule has 2 nitrogen and oxygen atoms in total. The summed E-state index contributed by atoms with van der Waals surface area (Å²) in [4.78, 5) is 11.6. The van der Waals surface area contributed by atoms with E-state index in [0.717, 1.165) is 32.2 Å². The van der Waals surface area contributed by atoms with Crippen molar-refractivity contribution in [2.75, 3.05) is 6.54 Å². The number of rotatable bonds is 0. The van der Waals surface area contributed by atoms with Crippen molar-refractivity contribution in [3.05, 3.63) is 11.8 Å². The number of fused-ring (bicyclic) bond motifs is 1. The summed E-state index contributed by atoms with van der Waals surface area (Å²) in [6.45, 7) is 0.980. The van der Waals surface area contributed by atoms with Crippen molar-refractivity contribution in [2.24, 2.45) is 5.92 Å². The van der Waals surface area contributed by atoms with Crippen molar-refractivity contribution in [1.29, 1.82) is 0 Å². The smallest absolute Gasteiger partial charge is 0.141 e. The first-order valence-corrected chi connectivity index (χ1v) is 4.84. The molecule has 2 rings (SSSR count). The summed E-state index contributed by atoms with van der Waals surface area (Å²) in [6.07, 6.45) is 7.38. The number of Topliss-reactive ketones (excluding diaryl/α,β-unsaturated/α-hetero) is 1. The van der Waals surface area contributed by atoms with Crippen LogP contribution in [0, 0.1) is 5.92 Å². The lowest BCUT2D eigenvalue weighted by molar-refractivity contribution is -0.121. The SMILES string of the molecule is O=C1CCCNC2=CCCCC12. The van der Waals surface area contributed by atoms with Gasteiger partial charge in [-0.2, -0.15) is 0 Å². The predicted octanol–water partition coefficient (Wildman–Crippen LogP) is 1.62. The van der Waals surface area contributed by atoms with E-state index in [9.17, 15) is 4.79 Å². The molecule has 0 radical (unpaired) electrons. The number of allylic oxidation sites excluding steroid dienone is 2. The van der Waals surface area contributed by atoms with Crippen LogP contribution in [0.15, 0.2) is 11.8 Å². The van der Waals surface area contributed by atoms with Gasteiger partial charge in [-0.3, -0.25) is 4.79 Å². The van der Waals surface area contributed by atoms with Crippen molar-refractivity contribution >= 4 is 5.78 Å². The summed E-state index contributed by atoms with van der Waals surface area (Å²) in [5.74, 6) is 0.673. The zero-order chi connectivity index (χ0) is 8.39. The lowest BCUT2D eigenvalue weighted by Crippen LogP contribution is -2.24. The largest absolute Gasteiger partial charge is 0.388 e. The number of hydrogen-bond acceptors (Lipinski definition) is 2. The first-order valence-electron chi connectivity index (χ1n) is 4.84. The zero-order valence-electron chi connectivity index (χ0n) is 7.31.